The number of methoxy groups -OCH3 is 1. The van der Waals surface area contributed by atoms with Gasteiger partial charge in [0, 0.05) is 20.2 Å². The molecule has 5 nitrogen and oxygen atoms in total. The molecular weight excluding hydrogens is 239 g/mol. The van der Waals surface area contributed by atoms with Crippen LogP contribution < -0.4 is 10.6 Å². The van der Waals surface area contributed by atoms with Crippen molar-refractivity contribution in [1.82, 2.24) is 10.6 Å². The van der Waals surface area contributed by atoms with Gasteiger partial charge in [-0.3, -0.25) is 9.59 Å². The molecule has 1 aromatic carbocycles. The number of halogens is 1. The number of hydrogen-bond donors (Lipinski definition) is 2. The molecule has 0 aromatic heterocycles. The van der Waals surface area contributed by atoms with Crippen LogP contribution in [0.25, 0.3) is 0 Å². The molecule has 2 amide bonds. The minimum atomic E-state index is -0.571. The van der Waals surface area contributed by atoms with Gasteiger partial charge in [0.25, 0.3) is 5.91 Å². The van der Waals surface area contributed by atoms with Crippen LogP contribution in [0.4, 0.5) is 4.39 Å². The van der Waals surface area contributed by atoms with Crippen molar-refractivity contribution in [2.45, 2.75) is 0 Å². The van der Waals surface area contributed by atoms with E-state index in [1.54, 1.807) is 6.07 Å². The van der Waals surface area contributed by atoms with Crippen LogP contribution in [-0.2, 0) is 9.53 Å². The second-order valence-electron chi connectivity index (χ2n) is 3.52. The molecule has 0 saturated carbocycles. The topological polar surface area (TPSA) is 67.4 Å². The van der Waals surface area contributed by atoms with Crippen LogP contribution in [-0.4, -0.2) is 38.6 Å². The van der Waals surface area contributed by atoms with Crippen LogP contribution in [0.1, 0.15) is 10.4 Å². The van der Waals surface area contributed by atoms with Gasteiger partial charge in [0.2, 0.25) is 5.91 Å². The number of carbonyl (C=O) groups excluding carboxylic acids is 2. The first kappa shape index (κ1) is 14.1. The van der Waals surface area contributed by atoms with Gasteiger partial charge in [0.05, 0.1) is 5.56 Å². The van der Waals surface area contributed by atoms with Crippen LogP contribution in [0.3, 0.4) is 0 Å². The summed E-state index contributed by atoms with van der Waals surface area (Å²) in [6.07, 6.45) is 0. The van der Waals surface area contributed by atoms with Crippen molar-refractivity contribution in [3.63, 3.8) is 0 Å². The van der Waals surface area contributed by atoms with Gasteiger partial charge in [-0.05, 0) is 12.1 Å². The van der Waals surface area contributed by atoms with E-state index in [9.17, 15) is 14.0 Å². The summed E-state index contributed by atoms with van der Waals surface area (Å²) in [7, 11) is 1.42. The third-order valence-corrected chi connectivity index (χ3v) is 2.13. The quantitative estimate of drug-likeness (QED) is 0.718. The molecule has 0 bridgehead atoms. The zero-order valence-electron chi connectivity index (χ0n) is 10.0. The maximum Gasteiger partial charge on any atom is 0.254 e. The second kappa shape index (κ2) is 7.39. The molecule has 0 radical (unpaired) electrons. The number of benzene rings is 1. The Balaban J connectivity index is 2.30. The maximum atomic E-state index is 13.2. The van der Waals surface area contributed by atoms with Gasteiger partial charge in [-0.2, -0.15) is 0 Å². The summed E-state index contributed by atoms with van der Waals surface area (Å²) in [5.41, 5.74) is -0.0132. The van der Waals surface area contributed by atoms with Crippen LogP contribution in [0.15, 0.2) is 24.3 Å². The standard InChI is InChI=1S/C12H15FN2O3/c1-18-8-11(16)14-6-7-15-12(17)9-4-2-3-5-10(9)13/h2-5H,6-8H2,1H3,(H,14,16)(H,15,17). The third-order valence-electron chi connectivity index (χ3n) is 2.13. The number of rotatable bonds is 6. The molecular formula is C12H15FN2O3. The fraction of sp³-hybridized carbons (Fsp3) is 0.333. The van der Waals surface area contributed by atoms with E-state index in [1.165, 1.54) is 25.3 Å². The van der Waals surface area contributed by atoms with Crippen LogP contribution >= 0.6 is 0 Å². The van der Waals surface area contributed by atoms with Crippen molar-refractivity contribution in [3.05, 3.63) is 35.6 Å². The lowest BCUT2D eigenvalue weighted by molar-refractivity contribution is -0.124. The van der Waals surface area contributed by atoms with E-state index in [0.717, 1.165) is 0 Å². The molecule has 0 aliphatic rings. The number of amides is 2. The number of hydrogen-bond acceptors (Lipinski definition) is 3. The molecule has 0 atom stereocenters. The Labute approximate surface area is 104 Å². The lowest BCUT2D eigenvalue weighted by Gasteiger charge is -2.07. The van der Waals surface area contributed by atoms with Gasteiger partial charge >= 0.3 is 0 Å². The highest BCUT2D eigenvalue weighted by atomic mass is 19.1. The Hall–Kier alpha value is -1.95. The van der Waals surface area contributed by atoms with Crippen molar-refractivity contribution >= 4 is 11.8 Å². The van der Waals surface area contributed by atoms with Crippen LogP contribution in [0, 0.1) is 5.82 Å². The van der Waals surface area contributed by atoms with Gasteiger partial charge in [0.15, 0.2) is 0 Å². The first-order valence-corrected chi connectivity index (χ1v) is 5.43. The summed E-state index contributed by atoms with van der Waals surface area (Å²) in [5, 5.41) is 5.04. The van der Waals surface area contributed by atoms with Crippen LogP contribution in [0.5, 0.6) is 0 Å². The minimum absolute atomic E-state index is 0.0132. The summed E-state index contributed by atoms with van der Waals surface area (Å²) in [5.74, 6) is -1.34. The van der Waals surface area contributed by atoms with Crippen molar-refractivity contribution in [3.8, 4) is 0 Å². The first-order valence-electron chi connectivity index (χ1n) is 5.43. The second-order valence-corrected chi connectivity index (χ2v) is 3.52. The summed E-state index contributed by atoms with van der Waals surface area (Å²) in [4.78, 5) is 22.6. The van der Waals surface area contributed by atoms with Gasteiger partial charge in [-0.25, -0.2) is 4.39 Å². The average Bonchev–Trinajstić information content (AvgIpc) is 2.35. The van der Waals surface area contributed by atoms with Gasteiger partial charge < -0.3 is 15.4 Å². The van der Waals surface area contributed by atoms with Gasteiger partial charge in [-0.1, -0.05) is 12.1 Å². The average molecular weight is 254 g/mol. The van der Waals surface area contributed by atoms with Gasteiger partial charge in [0.1, 0.15) is 12.4 Å². The maximum absolute atomic E-state index is 13.2. The third kappa shape index (κ3) is 4.50. The Morgan fingerprint density at radius 2 is 1.89 bits per heavy atom. The predicted molar refractivity (Wildman–Crippen MR) is 63.6 cm³/mol. The summed E-state index contributed by atoms with van der Waals surface area (Å²) < 4.78 is 17.8. The van der Waals surface area contributed by atoms with Gasteiger partial charge in [-0.15, -0.1) is 0 Å². The largest absolute Gasteiger partial charge is 0.375 e. The zero-order valence-corrected chi connectivity index (χ0v) is 10.0. The normalized spacial score (nSPS) is 9.89. The molecule has 0 fully saturated rings. The highest BCUT2D eigenvalue weighted by Crippen LogP contribution is 2.05. The van der Waals surface area contributed by atoms with E-state index in [4.69, 9.17) is 0 Å². The molecule has 0 heterocycles. The highest BCUT2D eigenvalue weighted by Gasteiger charge is 2.09. The molecule has 0 spiro atoms. The Kier molecular flexibility index (Phi) is 5.79. The van der Waals surface area contributed by atoms with E-state index in [2.05, 4.69) is 15.4 Å². The number of nitrogens with one attached hydrogen (secondary N) is 2. The van der Waals surface area contributed by atoms with Crippen molar-refractivity contribution in [2.24, 2.45) is 0 Å². The van der Waals surface area contributed by atoms with Crippen LogP contribution in [0.2, 0.25) is 0 Å². The molecule has 0 unspecified atom stereocenters. The summed E-state index contributed by atoms with van der Waals surface area (Å²) in [6.45, 7) is 0.465. The minimum Gasteiger partial charge on any atom is -0.375 e. The van der Waals surface area contributed by atoms with E-state index in [-0.39, 0.29) is 31.2 Å². The van der Waals surface area contributed by atoms with E-state index in [1.807, 2.05) is 0 Å². The predicted octanol–water partition coefficient (Wildman–Crippen LogP) is 0.318. The summed E-state index contributed by atoms with van der Waals surface area (Å²) in [6, 6.07) is 5.71. The van der Waals surface area contributed by atoms with Crippen molar-refractivity contribution in [2.75, 3.05) is 26.8 Å². The zero-order chi connectivity index (χ0) is 13.4. The molecule has 98 valence electrons. The molecule has 0 aliphatic carbocycles. The Bertz CT molecular complexity index is 424. The van der Waals surface area contributed by atoms with E-state index >= 15 is 0 Å². The molecule has 0 saturated heterocycles. The lowest BCUT2D eigenvalue weighted by Crippen LogP contribution is -2.36. The molecule has 2 N–H and O–H groups in total. The first-order chi connectivity index (χ1) is 8.65. The monoisotopic (exact) mass is 254 g/mol. The molecule has 6 heteroatoms. The molecule has 18 heavy (non-hydrogen) atoms. The van der Waals surface area contributed by atoms with Crippen molar-refractivity contribution in [1.29, 1.82) is 0 Å². The smallest absolute Gasteiger partial charge is 0.254 e. The fourth-order valence-corrected chi connectivity index (χ4v) is 1.30. The SMILES string of the molecule is COCC(=O)NCCNC(=O)c1ccccc1F. The summed E-state index contributed by atoms with van der Waals surface area (Å²) >= 11 is 0. The Morgan fingerprint density at radius 3 is 2.56 bits per heavy atom. The molecule has 0 aliphatic heterocycles. The molecule has 1 rings (SSSR count). The number of carbonyl (C=O) groups is 2. The van der Waals surface area contributed by atoms with Crippen molar-refractivity contribution < 1.29 is 18.7 Å². The Morgan fingerprint density at radius 1 is 1.22 bits per heavy atom. The molecule has 1 aromatic rings. The van der Waals surface area contributed by atoms with E-state index < -0.39 is 11.7 Å². The lowest BCUT2D eigenvalue weighted by atomic mass is 10.2. The number of ether oxygens (including phenoxy) is 1. The van der Waals surface area contributed by atoms with E-state index in [0.29, 0.717) is 0 Å². The fourth-order valence-electron chi connectivity index (χ4n) is 1.30. The highest BCUT2D eigenvalue weighted by molar-refractivity contribution is 5.94.